The van der Waals surface area contributed by atoms with Crippen molar-refractivity contribution in [1.82, 2.24) is 10.6 Å². The summed E-state index contributed by atoms with van der Waals surface area (Å²) in [5.41, 5.74) is 0. The standard InChI is InChI=1S/C28H48N2O21/c1-7(34)29-13-18(39)23(50-27-21(42)19(40)15(36)9(3-31)47-27)11(5-33)49-26(13)45-6-12-17(38)24(14(25(44)46-12)30-8(2)35)51-28-22(43)20(41)16(37)10(4-32)48-28/h9-28,31-33,36-44H,3-6H2,1-2H3,(H,29,34)(H,30,35)/t9-,10-,11-,12-,13-,14-,15+,16+,17+,18-,19+,20+,21-,22-,23+,24-,25?,26-,27+,28+/m1/s1. The largest absolute Gasteiger partial charge is 0.394 e. The molecule has 2 amide bonds. The van der Waals surface area contributed by atoms with Gasteiger partial charge in [0.05, 0.1) is 26.4 Å². The highest BCUT2D eigenvalue weighted by Gasteiger charge is 2.54. The molecule has 0 aromatic carbocycles. The maximum Gasteiger partial charge on any atom is 0.217 e. The molecule has 23 heteroatoms. The summed E-state index contributed by atoms with van der Waals surface area (Å²) in [6.07, 6.45) is -30.8. The lowest BCUT2D eigenvalue weighted by Gasteiger charge is -2.48. The van der Waals surface area contributed by atoms with E-state index in [1.165, 1.54) is 0 Å². The summed E-state index contributed by atoms with van der Waals surface area (Å²) in [6.45, 7) is -0.987. The Labute approximate surface area is 289 Å². The molecular formula is C28H48N2O21. The summed E-state index contributed by atoms with van der Waals surface area (Å²) < 4.78 is 39.0. The zero-order valence-corrected chi connectivity index (χ0v) is 27.4. The van der Waals surface area contributed by atoms with Crippen LogP contribution in [0.4, 0.5) is 0 Å². The lowest BCUT2D eigenvalue weighted by atomic mass is 9.94. The van der Waals surface area contributed by atoms with Gasteiger partial charge >= 0.3 is 0 Å². The maximum atomic E-state index is 12.1. The molecule has 0 bridgehead atoms. The summed E-state index contributed by atoms with van der Waals surface area (Å²) in [7, 11) is 0. The fourth-order valence-electron chi connectivity index (χ4n) is 6.25. The number of nitrogens with one attached hydrogen (secondary N) is 2. The minimum Gasteiger partial charge on any atom is -0.394 e. The molecular weight excluding hydrogens is 700 g/mol. The van der Waals surface area contributed by atoms with Gasteiger partial charge < -0.3 is 105 Å². The number of amides is 2. The number of carbonyl (C=O) groups is 2. The van der Waals surface area contributed by atoms with Crippen molar-refractivity contribution in [3.05, 3.63) is 0 Å². The van der Waals surface area contributed by atoms with Crippen LogP contribution in [0.5, 0.6) is 0 Å². The zero-order valence-electron chi connectivity index (χ0n) is 27.4. The van der Waals surface area contributed by atoms with Gasteiger partial charge in [-0.1, -0.05) is 0 Å². The minimum absolute atomic E-state index is 0.703. The Kier molecular flexibility index (Phi) is 14.8. The van der Waals surface area contributed by atoms with E-state index in [4.69, 9.17) is 33.2 Å². The fourth-order valence-corrected chi connectivity index (χ4v) is 6.25. The third kappa shape index (κ3) is 9.29. The lowest BCUT2D eigenvalue weighted by molar-refractivity contribution is -0.356. The van der Waals surface area contributed by atoms with Gasteiger partial charge in [0.15, 0.2) is 25.2 Å². The first kappa shape index (κ1) is 41.9. The molecule has 0 aliphatic carbocycles. The van der Waals surface area contributed by atoms with Crippen molar-refractivity contribution in [3.8, 4) is 0 Å². The third-order valence-electron chi connectivity index (χ3n) is 8.99. The van der Waals surface area contributed by atoms with Crippen LogP contribution in [-0.2, 0) is 42.7 Å². The average molecular weight is 749 g/mol. The molecule has 23 nitrogen and oxygen atoms in total. The van der Waals surface area contributed by atoms with Crippen molar-refractivity contribution in [2.24, 2.45) is 0 Å². The monoisotopic (exact) mass is 748 g/mol. The normalized spacial score (nSPS) is 47.8. The highest BCUT2D eigenvalue weighted by Crippen LogP contribution is 2.32. The Morgan fingerprint density at radius 2 is 0.961 bits per heavy atom. The number of hydrogen-bond donors (Lipinski definition) is 14. The quantitative estimate of drug-likeness (QED) is 0.0881. The molecule has 0 aromatic rings. The van der Waals surface area contributed by atoms with Crippen molar-refractivity contribution >= 4 is 11.8 Å². The van der Waals surface area contributed by atoms with Crippen LogP contribution in [0.2, 0.25) is 0 Å². The number of aliphatic hydroxyl groups excluding tert-OH is 12. The maximum absolute atomic E-state index is 12.1. The molecule has 0 aromatic heterocycles. The van der Waals surface area contributed by atoms with Crippen LogP contribution in [-0.4, -0.2) is 222 Å². The fraction of sp³-hybridized carbons (Fsp3) is 0.929. The Morgan fingerprint density at radius 3 is 1.43 bits per heavy atom. The number of carbonyl (C=O) groups excluding carboxylic acids is 2. The van der Waals surface area contributed by atoms with Crippen molar-refractivity contribution in [2.45, 2.75) is 137 Å². The Morgan fingerprint density at radius 1 is 0.510 bits per heavy atom. The molecule has 0 radical (unpaired) electrons. The van der Waals surface area contributed by atoms with Gasteiger partial charge in [-0.05, 0) is 0 Å². The molecule has 0 spiro atoms. The summed E-state index contributed by atoms with van der Waals surface area (Å²) in [6, 6.07) is -3.01. The summed E-state index contributed by atoms with van der Waals surface area (Å²) in [4.78, 5) is 24.1. The second-order valence-corrected chi connectivity index (χ2v) is 12.7. The molecule has 0 saturated carbocycles. The number of rotatable bonds is 12. The molecule has 296 valence electrons. The van der Waals surface area contributed by atoms with E-state index in [2.05, 4.69) is 10.6 Å². The highest BCUT2D eigenvalue weighted by atomic mass is 16.7. The van der Waals surface area contributed by atoms with E-state index >= 15 is 0 Å². The third-order valence-corrected chi connectivity index (χ3v) is 8.99. The zero-order chi connectivity index (χ0) is 37.9. The predicted octanol–water partition coefficient (Wildman–Crippen LogP) is -9.46. The molecule has 4 fully saturated rings. The van der Waals surface area contributed by atoms with Crippen LogP contribution >= 0.6 is 0 Å². The molecule has 4 aliphatic heterocycles. The van der Waals surface area contributed by atoms with Gasteiger partial charge in [0.2, 0.25) is 11.8 Å². The van der Waals surface area contributed by atoms with Gasteiger partial charge in [-0.15, -0.1) is 0 Å². The average Bonchev–Trinajstić information content (AvgIpc) is 3.08. The molecule has 4 rings (SSSR count). The minimum atomic E-state index is -1.92. The molecule has 20 atom stereocenters. The molecule has 14 N–H and O–H groups in total. The predicted molar refractivity (Wildman–Crippen MR) is 157 cm³/mol. The van der Waals surface area contributed by atoms with Gasteiger partial charge in [-0.2, -0.15) is 0 Å². The Bertz CT molecular complexity index is 1140. The van der Waals surface area contributed by atoms with Gasteiger partial charge in [-0.3, -0.25) is 9.59 Å². The lowest BCUT2D eigenvalue weighted by Crippen LogP contribution is -2.69. The van der Waals surface area contributed by atoms with Gasteiger partial charge in [0.25, 0.3) is 0 Å². The van der Waals surface area contributed by atoms with Crippen LogP contribution < -0.4 is 10.6 Å². The molecule has 4 aliphatic rings. The van der Waals surface area contributed by atoms with E-state index in [9.17, 15) is 70.9 Å². The Hall–Kier alpha value is -1.82. The highest BCUT2D eigenvalue weighted by molar-refractivity contribution is 5.73. The van der Waals surface area contributed by atoms with Crippen molar-refractivity contribution in [2.75, 3.05) is 26.4 Å². The first-order chi connectivity index (χ1) is 24.0. The second kappa shape index (κ2) is 18.0. The number of ether oxygens (including phenoxy) is 7. The van der Waals surface area contributed by atoms with E-state index in [0.717, 1.165) is 13.8 Å². The van der Waals surface area contributed by atoms with E-state index in [1.807, 2.05) is 0 Å². The van der Waals surface area contributed by atoms with E-state index < -0.39 is 161 Å². The topological polar surface area (TPSA) is 366 Å². The van der Waals surface area contributed by atoms with Gasteiger partial charge in [-0.25, -0.2) is 0 Å². The smallest absolute Gasteiger partial charge is 0.217 e. The SMILES string of the molecule is CC(=O)N[C@H]1[C@H](OC[C@H]2OC(O)[C@H](NC(C)=O)[C@@H](O[C@@H]3O[C@H](CO)[C@H](O)[C@H](O)[C@H]3O)[C@H]2O)O[C@H](CO)[C@H](O[C@@H]2O[C@H](CO)[C@H](O)[C@H](O)[C@H]2O)[C@@H]1O. The van der Waals surface area contributed by atoms with Gasteiger partial charge in [0.1, 0.15) is 97.5 Å². The van der Waals surface area contributed by atoms with Crippen LogP contribution in [0.25, 0.3) is 0 Å². The number of aliphatic hydroxyl groups is 12. The van der Waals surface area contributed by atoms with E-state index in [1.54, 1.807) is 0 Å². The van der Waals surface area contributed by atoms with Crippen molar-refractivity contribution < 1.29 is 104 Å². The summed E-state index contributed by atoms with van der Waals surface area (Å²) in [5.74, 6) is -1.41. The Balaban J connectivity index is 1.51. The van der Waals surface area contributed by atoms with Gasteiger partial charge in [0, 0.05) is 13.8 Å². The van der Waals surface area contributed by atoms with Crippen LogP contribution in [0.1, 0.15) is 13.8 Å². The molecule has 4 saturated heterocycles. The first-order valence-corrected chi connectivity index (χ1v) is 16.1. The van der Waals surface area contributed by atoms with Crippen LogP contribution in [0, 0.1) is 0 Å². The molecule has 51 heavy (non-hydrogen) atoms. The van der Waals surface area contributed by atoms with Crippen LogP contribution in [0.15, 0.2) is 0 Å². The molecule has 4 heterocycles. The summed E-state index contributed by atoms with van der Waals surface area (Å²) >= 11 is 0. The van der Waals surface area contributed by atoms with Crippen molar-refractivity contribution in [1.29, 1.82) is 0 Å². The van der Waals surface area contributed by atoms with E-state index in [0.29, 0.717) is 0 Å². The molecule has 1 unspecified atom stereocenters. The summed E-state index contributed by atoms with van der Waals surface area (Å²) in [5, 5.41) is 129. The van der Waals surface area contributed by atoms with Crippen molar-refractivity contribution in [3.63, 3.8) is 0 Å². The van der Waals surface area contributed by atoms with E-state index in [-0.39, 0.29) is 0 Å². The van der Waals surface area contributed by atoms with Crippen LogP contribution in [0.3, 0.4) is 0 Å². The number of hydrogen-bond acceptors (Lipinski definition) is 21. The first-order valence-electron chi connectivity index (χ1n) is 16.1. The second-order valence-electron chi connectivity index (χ2n) is 12.7.